The van der Waals surface area contributed by atoms with E-state index in [-0.39, 0.29) is 23.8 Å². The summed E-state index contributed by atoms with van der Waals surface area (Å²) < 4.78 is 0. The van der Waals surface area contributed by atoms with E-state index in [2.05, 4.69) is 10.6 Å². The summed E-state index contributed by atoms with van der Waals surface area (Å²) in [5.41, 5.74) is 1.33. The second kappa shape index (κ2) is 10.4. The zero-order chi connectivity index (χ0) is 19.6. The van der Waals surface area contributed by atoms with Crippen LogP contribution in [0.2, 0.25) is 0 Å². The largest absolute Gasteiger partial charge is 0.478 e. The third-order valence-corrected chi connectivity index (χ3v) is 4.49. The summed E-state index contributed by atoms with van der Waals surface area (Å²) in [6.07, 6.45) is 2.60. The van der Waals surface area contributed by atoms with E-state index in [0.717, 1.165) is 5.56 Å². The van der Waals surface area contributed by atoms with Crippen LogP contribution in [-0.2, 0) is 16.0 Å². The molecule has 2 aromatic rings. The second-order valence-electron chi connectivity index (χ2n) is 5.94. The van der Waals surface area contributed by atoms with Gasteiger partial charge in [-0.25, -0.2) is 4.79 Å². The highest BCUT2D eigenvalue weighted by Gasteiger charge is 2.21. The van der Waals surface area contributed by atoms with Crippen LogP contribution < -0.4 is 10.6 Å². The Labute approximate surface area is 162 Å². The SMILES string of the molecule is CSCC[C@@H](NC(=O)Cc1ccccc1)C(=O)Nc1cccc(C(=O)O)c1. The number of hydrogen-bond acceptors (Lipinski definition) is 4. The highest BCUT2D eigenvalue weighted by atomic mass is 32.2. The van der Waals surface area contributed by atoms with Crippen molar-refractivity contribution < 1.29 is 19.5 Å². The molecule has 0 radical (unpaired) electrons. The quantitative estimate of drug-likeness (QED) is 0.616. The van der Waals surface area contributed by atoms with E-state index in [1.807, 2.05) is 36.6 Å². The van der Waals surface area contributed by atoms with Crippen molar-refractivity contribution in [3.05, 3.63) is 65.7 Å². The molecule has 0 aliphatic rings. The van der Waals surface area contributed by atoms with Crippen LogP contribution in [0, 0.1) is 0 Å². The van der Waals surface area contributed by atoms with Gasteiger partial charge in [-0.15, -0.1) is 0 Å². The van der Waals surface area contributed by atoms with E-state index < -0.39 is 12.0 Å². The first kappa shape index (κ1) is 20.5. The Morgan fingerprint density at radius 1 is 1.07 bits per heavy atom. The summed E-state index contributed by atoms with van der Waals surface area (Å²) in [5.74, 6) is -0.963. The molecule has 0 aliphatic heterocycles. The summed E-state index contributed by atoms with van der Waals surface area (Å²) in [6.45, 7) is 0. The lowest BCUT2D eigenvalue weighted by molar-refractivity contribution is -0.126. The minimum absolute atomic E-state index is 0.0848. The Morgan fingerprint density at radius 3 is 2.48 bits per heavy atom. The van der Waals surface area contributed by atoms with Gasteiger partial charge in [-0.05, 0) is 42.2 Å². The third-order valence-electron chi connectivity index (χ3n) is 3.85. The summed E-state index contributed by atoms with van der Waals surface area (Å²) >= 11 is 1.58. The number of thioether (sulfide) groups is 1. The number of anilines is 1. The number of carboxylic acid groups (broad SMARTS) is 1. The number of aromatic carboxylic acids is 1. The Bertz CT molecular complexity index is 796. The van der Waals surface area contributed by atoms with Gasteiger partial charge in [0.05, 0.1) is 12.0 Å². The molecule has 0 bridgehead atoms. The average molecular weight is 386 g/mol. The highest BCUT2D eigenvalue weighted by Crippen LogP contribution is 2.12. The number of hydrogen-bond donors (Lipinski definition) is 3. The Morgan fingerprint density at radius 2 is 1.81 bits per heavy atom. The summed E-state index contributed by atoms with van der Waals surface area (Å²) in [4.78, 5) is 36.0. The van der Waals surface area contributed by atoms with Crippen molar-refractivity contribution in [3.63, 3.8) is 0 Å². The fourth-order valence-corrected chi connectivity index (χ4v) is 2.96. The molecule has 0 heterocycles. The monoisotopic (exact) mass is 386 g/mol. The van der Waals surface area contributed by atoms with E-state index in [0.29, 0.717) is 17.9 Å². The standard InChI is InChI=1S/C20H22N2O4S/c1-27-11-10-17(22-18(23)12-14-6-3-2-4-7-14)19(24)21-16-9-5-8-15(13-16)20(25)26/h2-9,13,17H,10-12H2,1H3,(H,21,24)(H,22,23)(H,25,26)/t17-/m1/s1. The molecular weight excluding hydrogens is 364 g/mol. The molecule has 6 nitrogen and oxygen atoms in total. The van der Waals surface area contributed by atoms with Crippen LogP contribution in [0.25, 0.3) is 0 Å². The van der Waals surface area contributed by atoms with Crippen LogP contribution in [0.4, 0.5) is 5.69 Å². The zero-order valence-electron chi connectivity index (χ0n) is 15.0. The van der Waals surface area contributed by atoms with Crippen molar-refractivity contribution in [3.8, 4) is 0 Å². The van der Waals surface area contributed by atoms with E-state index >= 15 is 0 Å². The molecule has 2 rings (SSSR count). The van der Waals surface area contributed by atoms with Crippen LogP contribution >= 0.6 is 11.8 Å². The Balaban J connectivity index is 2.03. The van der Waals surface area contributed by atoms with Gasteiger partial charge in [0.15, 0.2) is 0 Å². The minimum Gasteiger partial charge on any atom is -0.478 e. The molecule has 2 amide bonds. The van der Waals surface area contributed by atoms with Crippen molar-refractivity contribution >= 4 is 35.2 Å². The number of rotatable bonds is 9. The first-order chi connectivity index (χ1) is 13.0. The lowest BCUT2D eigenvalue weighted by Crippen LogP contribution is -2.44. The van der Waals surface area contributed by atoms with E-state index in [1.165, 1.54) is 12.1 Å². The molecule has 0 aliphatic carbocycles. The molecule has 7 heteroatoms. The maximum absolute atomic E-state index is 12.6. The predicted octanol–water partition coefficient (Wildman–Crippen LogP) is 2.80. The summed E-state index contributed by atoms with van der Waals surface area (Å²) in [7, 11) is 0. The topological polar surface area (TPSA) is 95.5 Å². The minimum atomic E-state index is -1.07. The van der Waals surface area contributed by atoms with Crippen molar-refractivity contribution in [2.75, 3.05) is 17.3 Å². The molecule has 3 N–H and O–H groups in total. The maximum atomic E-state index is 12.6. The third kappa shape index (κ3) is 6.79. The summed E-state index contributed by atoms with van der Waals surface area (Å²) in [5, 5.41) is 14.5. The lowest BCUT2D eigenvalue weighted by atomic mass is 10.1. The maximum Gasteiger partial charge on any atom is 0.335 e. The first-order valence-corrected chi connectivity index (χ1v) is 9.85. The molecule has 0 fully saturated rings. The predicted molar refractivity (Wildman–Crippen MR) is 107 cm³/mol. The molecule has 0 saturated heterocycles. The average Bonchev–Trinajstić information content (AvgIpc) is 2.66. The van der Waals surface area contributed by atoms with Crippen LogP contribution in [0.5, 0.6) is 0 Å². The van der Waals surface area contributed by atoms with Crippen molar-refractivity contribution in [1.82, 2.24) is 5.32 Å². The fraction of sp³-hybridized carbons (Fsp3) is 0.250. The smallest absolute Gasteiger partial charge is 0.335 e. The van der Waals surface area contributed by atoms with Gasteiger partial charge in [0.1, 0.15) is 6.04 Å². The number of benzene rings is 2. The van der Waals surface area contributed by atoms with Crippen molar-refractivity contribution in [1.29, 1.82) is 0 Å². The van der Waals surface area contributed by atoms with Gasteiger partial charge in [-0.2, -0.15) is 11.8 Å². The normalized spacial score (nSPS) is 11.4. The van der Waals surface area contributed by atoms with Crippen molar-refractivity contribution in [2.24, 2.45) is 0 Å². The van der Waals surface area contributed by atoms with Crippen molar-refractivity contribution in [2.45, 2.75) is 18.9 Å². The fourth-order valence-electron chi connectivity index (χ4n) is 2.49. The van der Waals surface area contributed by atoms with Gasteiger partial charge < -0.3 is 15.7 Å². The van der Waals surface area contributed by atoms with Crippen LogP contribution in [0.15, 0.2) is 54.6 Å². The number of amides is 2. The van der Waals surface area contributed by atoms with Crippen LogP contribution in [0.3, 0.4) is 0 Å². The van der Waals surface area contributed by atoms with Gasteiger partial charge in [-0.1, -0.05) is 36.4 Å². The first-order valence-electron chi connectivity index (χ1n) is 8.46. The number of carbonyl (C=O) groups is 3. The summed E-state index contributed by atoms with van der Waals surface area (Å²) in [6, 6.07) is 14.6. The van der Waals surface area contributed by atoms with Gasteiger partial charge in [-0.3, -0.25) is 9.59 Å². The Hall–Kier alpha value is -2.80. The molecular formula is C20H22N2O4S. The molecule has 27 heavy (non-hydrogen) atoms. The van der Waals surface area contributed by atoms with Crippen LogP contribution in [0.1, 0.15) is 22.3 Å². The van der Waals surface area contributed by atoms with E-state index in [9.17, 15) is 14.4 Å². The molecule has 0 aromatic heterocycles. The molecule has 142 valence electrons. The van der Waals surface area contributed by atoms with Gasteiger partial charge in [0, 0.05) is 5.69 Å². The molecule has 0 spiro atoms. The van der Waals surface area contributed by atoms with E-state index in [4.69, 9.17) is 5.11 Å². The van der Waals surface area contributed by atoms with Gasteiger partial charge in [0.2, 0.25) is 11.8 Å². The molecule has 2 aromatic carbocycles. The zero-order valence-corrected chi connectivity index (χ0v) is 15.8. The molecule has 1 atom stereocenters. The number of carbonyl (C=O) groups excluding carboxylic acids is 2. The van der Waals surface area contributed by atoms with Gasteiger partial charge in [0.25, 0.3) is 0 Å². The highest BCUT2D eigenvalue weighted by molar-refractivity contribution is 7.98. The number of nitrogens with one attached hydrogen (secondary N) is 2. The lowest BCUT2D eigenvalue weighted by Gasteiger charge is -2.18. The second-order valence-corrected chi connectivity index (χ2v) is 6.92. The Kier molecular flexibility index (Phi) is 7.88. The molecule has 0 unspecified atom stereocenters. The molecule has 0 saturated carbocycles. The van der Waals surface area contributed by atoms with Crippen LogP contribution in [-0.4, -0.2) is 40.9 Å². The number of carboxylic acids is 1. The van der Waals surface area contributed by atoms with E-state index in [1.54, 1.807) is 23.9 Å². The van der Waals surface area contributed by atoms with Gasteiger partial charge >= 0.3 is 5.97 Å².